The number of halogens is 1. The molecule has 1 amide bonds. The lowest BCUT2D eigenvalue weighted by molar-refractivity contribution is -0.134. The van der Waals surface area contributed by atoms with Gasteiger partial charge in [0, 0.05) is 18.3 Å². The van der Waals surface area contributed by atoms with Crippen molar-refractivity contribution in [2.24, 2.45) is 0 Å². The Balaban J connectivity index is 1.55. The van der Waals surface area contributed by atoms with Crippen LogP contribution in [0.5, 0.6) is 5.75 Å². The van der Waals surface area contributed by atoms with Crippen LogP contribution >= 0.6 is 11.6 Å². The number of nitrogens with zero attached hydrogens (tertiary/aromatic N) is 3. The van der Waals surface area contributed by atoms with Crippen molar-refractivity contribution < 1.29 is 18.5 Å². The van der Waals surface area contributed by atoms with Crippen molar-refractivity contribution in [1.29, 1.82) is 0 Å². The van der Waals surface area contributed by atoms with Gasteiger partial charge < -0.3 is 25.0 Å². The van der Waals surface area contributed by atoms with E-state index in [4.69, 9.17) is 21.1 Å². The molecule has 1 aliphatic heterocycles. The van der Waals surface area contributed by atoms with E-state index in [2.05, 4.69) is 20.6 Å². The number of ether oxygens (including phenoxy) is 2. The zero-order valence-corrected chi connectivity index (χ0v) is 22.6. The molecule has 0 bridgehead atoms. The molecule has 1 fully saturated rings. The van der Waals surface area contributed by atoms with Gasteiger partial charge in [-0.1, -0.05) is 43.6 Å². The van der Waals surface area contributed by atoms with E-state index >= 15 is 0 Å². The number of methoxy groups -OCH3 is 1. The van der Waals surface area contributed by atoms with Crippen molar-refractivity contribution in [3.8, 4) is 5.75 Å². The molecular weight excluding hydrogens is 514 g/mol. The summed E-state index contributed by atoms with van der Waals surface area (Å²) in [5.74, 6) is 1.27. The van der Waals surface area contributed by atoms with Crippen molar-refractivity contribution in [3.63, 3.8) is 0 Å². The van der Waals surface area contributed by atoms with Crippen molar-refractivity contribution >= 4 is 51.4 Å². The minimum Gasteiger partial charge on any atom is -0.495 e. The second kappa shape index (κ2) is 12.4. The number of anilines is 4. The number of hydrogen-bond acceptors (Lipinski definition) is 8. The molecule has 1 atom stereocenters. The quantitative estimate of drug-likeness (QED) is 0.405. The summed E-state index contributed by atoms with van der Waals surface area (Å²) in [6, 6.07) is 12.9. The van der Waals surface area contributed by atoms with Crippen molar-refractivity contribution in [2.75, 3.05) is 44.0 Å². The molecule has 1 saturated heterocycles. The number of morpholine rings is 1. The largest absolute Gasteiger partial charge is 0.495 e. The first-order chi connectivity index (χ1) is 17.9. The monoisotopic (exact) mass is 543 g/mol. The lowest BCUT2D eigenvalue weighted by Crippen LogP contribution is -2.41. The van der Waals surface area contributed by atoms with Gasteiger partial charge in [-0.15, -0.1) is 0 Å². The van der Waals surface area contributed by atoms with E-state index in [1.54, 1.807) is 13.2 Å². The summed E-state index contributed by atoms with van der Waals surface area (Å²) in [6.45, 7) is 6.13. The predicted octanol–water partition coefficient (Wildman–Crippen LogP) is 4.54. The zero-order chi connectivity index (χ0) is 26.4. The molecule has 0 spiro atoms. The molecule has 2 aromatic carbocycles. The van der Waals surface area contributed by atoms with Crippen LogP contribution in [-0.4, -0.2) is 63.6 Å². The average molecular weight is 544 g/mol. The van der Waals surface area contributed by atoms with Gasteiger partial charge in [0.25, 0.3) is 0 Å². The lowest BCUT2D eigenvalue weighted by atomic mass is 10.1. The van der Waals surface area contributed by atoms with Crippen LogP contribution in [0.2, 0.25) is 5.02 Å². The Morgan fingerprint density at radius 1 is 1.16 bits per heavy atom. The minimum absolute atomic E-state index is 0.0454. The zero-order valence-electron chi connectivity index (χ0n) is 21.0. The third kappa shape index (κ3) is 6.76. The van der Waals surface area contributed by atoms with E-state index in [0.29, 0.717) is 59.2 Å². The average Bonchev–Trinajstić information content (AvgIpc) is 2.91. The number of aromatic nitrogens is 2. The van der Waals surface area contributed by atoms with Gasteiger partial charge >= 0.3 is 0 Å². The Hall–Kier alpha value is -3.21. The first-order valence-electron chi connectivity index (χ1n) is 11.9. The molecule has 1 unspecified atom stereocenters. The molecule has 37 heavy (non-hydrogen) atoms. The van der Waals surface area contributed by atoms with Crippen LogP contribution in [-0.2, 0) is 26.8 Å². The van der Waals surface area contributed by atoms with E-state index in [1.165, 1.54) is 6.20 Å². The van der Waals surface area contributed by atoms with E-state index in [-0.39, 0.29) is 23.5 Å². The fraction of sp³-hybridized carbons (Fsp3) is 0.346. The van der Waals surface area contributed by atoms with Crippen molar-refractivity contribution in [2.45, 2.75) is 30.4 Å². The highest BCUT2D eigenvalue weighted by Gasteiger charge is 2.19. The van der Waals surface area contributed by atoms with Gasteiger partial charge in [-0.2, -0.15) is 4.98 Å². The van der Waals surface area contributed by atoms with Gasteiger partial charge in [0.15, 0.2) is 5.82 Å². The summed E-state index contributed by atoms with van der Waals surface area (Å²) < 4.78 is 23.6. The number of benzene rings is 2. The van der Waals surface area contributed by atoms with Crippen LogP contribution in [0.1, 0.15) is 19.4 Å². The molecule has 3 aromatic rings. The molecule has 4 rings (SSSR count). The fourth-order valence-electron chi connectivity index (χ4n) is 3.82. The van der Waals surface area contributed by atoms with Gasteiger partial charge in [-0.05, 0) is 29.8 Å². The normalized spacial score (nSPS) is 14.4. The maximum absolute atomic E-state index is 12.8. The number of carbonyl (C=O) groups is 1. The maximum Gasteiger partial charge on any atom is 0.229 e. The Morgan fingerprint density at radius 3 is 2.65 bits per heavy atom. The number of amides is 1. The summed E-state index contributed by atoms with van der Waals surface area (Å²) in [6.07, 6.45) is 1.75. The molecule has 1 aliphatic rings. The maximum atomic E-state index is 12.8. The lowest BCUT2D eigenvalue weighted by Gasteiger charge is -2.27. The molecule has 2 N–H and O–H groups in total. The van der Waals surface area contributed by atoms with E-state index in [0.717, 1.165) is 5.56 Å². The van der Waals surface area contributed by atoms with Crippen LogP contribution < -0.4 is 15.4 Å². The summed E-state index contributed by atoms with van der Waals surface area (Å²) in [5.41, 5.74) is 2.10. The molecule has 0 saturated carbocycles. The first kappa shape index (κ1) is 26.8. The van der Waals surface area contributed by atoms with Gasteiger partial charge in [-0.25, -0.2) is 4.98 Å². The highest BCUT2D eigenvalue weighted by Crippen LogP contribution is 2.31. The molecule has 0 radical (unpaired) electrons. The van der Waals surface area contributed by atoms with Crippen LogP contribution in [0, 0.1) is 0 Å². The third-order valence-corrected chi connectivity index (χ3v) is 7.68. The Morgan fingerprint density at radius 2 is 1.92 bits per heavy atom. The molecule has 2 heterocycles. The summed E-state index contributed by atoms with van der Waals surface area (Å²) in [7, 11) is 0.373. The topological polar surface area (TPSA) is 106 Å². The number of hydrogen-bond donors (Lipinski definition) is 2. The van der Waals surface area contributed by atoms with Gasteiger partial charge in [0.1, 0.15) is 10.8 Å². The van der Waals surface area contributed by atoms with Crippen LogP contribution in [0.3, 0.4) is 0 Å². The highest BCUT2D eigenvalue weighted by atomic mass is 35.5. The van der Waals surface area contributed by atoms with E-state index in [9.17, 15) is 9.00 Å². The number of para-hydroxylation sites is 1. The molecule has 11 heteroatoms. The molecule has 0 aliphatic carbocycles. The van der Waals surface area contributed by atoms with Crippen molar-refractivity contribution in [3.05, 3.63) is 59.2 Å². The highest BCUT2D eigenvalue weighted by molar-refractivity contribution is 7.85. The second-order valence-corrected chi connectivity index (χ2v) is 11.1. The van der Waals surface area contributed by atoms with Crippen LogP contribution in [0.4, 0.5) is 23.1 Å². The van der Waals surface area contributed by atoms with Gasteiger partial charge in [0.2, 0.25) is 11.9 Å². The van der Waals surface area contributed by atoms with Gasteiger partial charge in [0.05, 0.1) is 60.0 Å². The molecular formula is C26H30ClN5O4S. The molecule has 196 valence electrons. The minimum atomic E-state index is -1.20. The van der Waals surface area contributed by atoms with Crippen molar-refractivity contribution in [1.82, 2.24) is 14.9 Å². The second-order valence-electron chi connectivity index (χ2n) is 8.69. The molecule has 9 nitrogen and oxygen atoms in total. The summed E-state index contributed by atoms with van der Waals surface area (Å²) in [4.78, 5) is 24.0. The van der Waals surface area contributed by atoms with E-state index < -0.39 is 10.8 Å². The van der Waals surface area contributed by atoms with Gasteiger partial charge in [-0.3, -0.25) is 9.00 Å². The standard InChI is InChI=1S/C26H30ClN5O4S/c1-17(2)37(34)23-7-5-4-6-20(23)29-25-19(27)16-28-26(31-25)30-21-14-18(8-9-22(21)35-3)15-24(33)32-10-12-36-13-11-32/h4-9,14,16-17H,10-13,15H2,1-3H3,(H2,28,29,30,31). The fourth-order valence-corrected chi connectivity index (χ4v) is 5.02. The summed E-state index contributed by atoms with van der Waals surface area (Å²) >= 11 is 6.39. The SMILES string of the molecule is COc1ccc(CC(=O)N2CCOCC2)cc1Nc1ncc(Cl)c(Nc2ccccc2S(=O)C(C)C)n1. The van der Waals surface area contributed by atoms with Crippen LogP contribution in [0.15, 0.2) is 53.6 Å². The van der Waals surface area contributed by atoms with E-state index in [1.807, 2.05) is 55.1 Å². The number of rotatable bonds is 9. The summed E-state index contributed by atoms with van der Waals surface area (Å²) in [5, 5.41) is 6.64. The molecule has 1 aromatic heterocycles. The first-order valence-corrected chi connectivity index (χ1v) is 13.5. The predicted molar refractivity (Wildman–Crippen MR) is 146 cm³/mol. The smallest absolute Gasteiger partial charge is 0.229 e. The Bertz CT molecular complexity index is 1280. The Labute approximate surface area is 224 Å². The number of nitrogens with one attached hydrogen (secondary N) is 2. The van der Waals surface area contributed by atoms with Crippen LogP contribution in [0.25, 0.3) is 0 Å². The third-order valence-electron chi connectivity index (χ3n) is 5.76. The number of carbonyl (C=O) groups excluding carboxylic acids is 1. The Kier molecular flexibility index (Phi) is 8.96.